The fraction of sp³-hybridized carbons (Fsp3) is 0.304. The lowest BCUT2D eigenvalue weighted by Crippen LogP contribution is -2.42. The fourth-order valence-electron chi connectivity index (χ4n) is 3.01. The van der Waals surface area contributed by atoms with Gasteiger partial charge in [-0.1, -0.05) is 12.1 Å². The van der Waals surface area contributed by atoms with Gasteiger partial charge in [0.25, 0.3) is 0 Å². The van der Waals surface area contributed by atoms with Crippen LogP contribution in [0.25, 0.3) is 0 Å². The van der Waals surface area contributed by atoms with E-state index in [0.717, 1.165) is 23.2 Å². The van der Waals surface area contributed by atoms with Gasteiger partial charge in [-0.25, -0.2) is 4.79 Å². The van der Waals surface area contributed by atoms with E-state index in [9.17, 15) is 9.59 Å². The van der Waals surface area contributed by atoms with Gasteiger partial charge in [0, 0.05) is 62.3 Å². The van der Waals surface area contributed by atoms with Crippen LogP contribution in [0, 0.1) is 0 Å². The Hall–Kier alpha value is -3.30. The van der Waals surface area contributed by atoms with E-state index in [-0.39, 0.29) is 18.2 Å². The van der Waals surface area contributed by atoms with Gasteiger partial charge in [-0.3, -0.25) is 14.8 Å². The zero-order valence-electron chi connectivity index (χ0n) is 18.3. The minimum absolute atomic E-state index is 0.0830. The number of rotatable bonds is 10. The molecule has 8 nitrogen and oxygen atoms in total. The maximum atomic E-state index is 12.8. The number of aromatic nitrogens is 2. The summed E-state index contributed by atoms with van der Waals surface area (Å²) in [6.45, 7) is 2.09. The summed E-state index contributed by atoms with van der Waals surface area (Å²) in [6.07, 6.45) is 5.31. The van der Waals surface area contributed by atoms with Crippen molar-refractivity contribution in [2.75, 3.05) is 32.9 Å². The zero-order valence-corrected chi connectivity index (χ0v) is 19.1. The Morgan fingerprint density at radius 1 is 1.09 bits per heavy atom. The second-order valence-corrected chi connectivity index (χ2v) is 8.49. The molecule has 0 atom stereocenters. The van der Waals surface area contributed by atoms with Gasteiger partial charge in [-0.05, 0) is 48.3 Å². The Kier molecular flexibility index (Phi) is 8.29. The van der Waals surface area contributed by atoms with E-state index < -0.39 is 0 Å². The molecule has 0 aromatic carbocycles. The van der Waals surface area contributed by atoms with E-state index in [4.69, 9.17) is 5.73 Å². The Balaban J connectivity index is 1.62. The molecule has 0 aliphatic rings. The number of urea groups is 1. The Morgan fingerprint density at radius 2 is 1.94 bits per heavy atom. The number of carbonyl (C=O) groups excluding carboxylic acids is 2. The second kappa shape index (κ2) is 11.4. The topological polar surface area (TPSA) is 104 Å². The standard InChI is InChI=1S/C23H28N6O2S/c1-28(2)8-9-29(23(31)27-12-17-4-3-7-25-11-17)14-18-5-6-21(26-13-18)22(30)10-19-15-32-16-20(19)24/h3-7,11,13,15-16H,8-10,12,14,24H2,1-2H3,(H,27,31). The number of pyridine rings is 2. The van der Waals surface area contributed by atoms with Crippen LogP contribution in [-0.2, 0) is 19.5 Å². The molecule has 32 heavy (non-hydrogen) atoms. The largest absolute Gasteiger partial charge is 0.398 e. The molecule has 3 rings (SSSR count). The van der Waals surface area contributed by atoms with E-state index in [0.29, 0.717) is 31.0 Å². The first-order chi connectivity index (χ1) is 15.4. The summed E-state index contributed by atoms with van der Waals surface area (Å²) in [5, 5.41) is 6.65. The fourth-order valence-corrected chi connectivity index (χ4v) is 3.76. The van der Waals surface area contributed by atoms with Gasteiger partial charge in [0.2, 0.25) is 0 Å². The predicted octanol–water partition coefficient (Wildman–Crippen LogP) is 2.82. The Bertz CT molecular complexity index is 1020. The summed E-state index contributed by atoms with van der Waals surface area (Å²) in [4.78, 5) is 37.5. The van der Waals surface area contributed by atoms with Crippen molar-refractivity contribution in [2.24, 2.45) is 0 Å². The first-order valence-electron chi connectivity index (χ1n) is 10.3. The smallest absolute Gasteiger partial charge is 0.318 e. The summed E-state index contributed by atoms with van der Waals surface area (Å²) in [6, 6.07) is 7.14. The molecule has 0 bridgehead atoms. The molecule has 3 heterocycles. The van der Waals surface area contributed by atoms with Crippen LogP contribution in [0.15, 0.2) is 53.6 Å². The highest BCUT2D eigenvalue weighted by Crippen LogP contribution is 2.19. The third kappa shape index (κ3) is 6.86. The average molecular weight is 453 g/mol. The number of carbonyl (C=O) groups is 2. The van der Waals surface area contributed by atoms with Crippen LogP contribution in [0.5, 0.6) is 0 Å². The average Bonchev–Trinajstić information content (AvgIpc) is 3.20. The molecule has 0 unspecified atom stereocenters. The maximum absolute atomic E-state index is 12.8. The van der Waals surface area contributed by atoms with Crippen molar-refractivity contribution in [1.29, 1.82) is 0 Å². The predicted molar refractivity (Wildman–Crippen MR) is 126 cm³/mol. The molecular weight excluding hydrogens is 424 g/mol. The number of nitrogens with zero attached hydrogens (tertiary/aromatic N) is 4. The zero-order chi connectivity index (χ0) is 22.9. The summed E-state index contributed by atoms with van der Waals surface area (Å²) < 4.78 is 0. The third-order valence-electron chi connectivity index (χ3n) is 4.88. The Labute approximate surface area is 192 Å². The summed E-state index contributed by atoms with van der Waals surface area (Å²) in [5.74, 6) is -0.0830. The van der Waals surface area contributed by atoms with Crippen molar-refractivity contribution < 1.29 is 9.59 Å². The summed E-state index contributed by atoms with van der Waals surface area (Å²) >= 11 is 1.48. The highest BCUT2D eigenvalue weighted by Gasteiger charge is 2.16. The van der Waals surface area contributed by atoms with Gasteiger partial charge in [-0.15, -0.1) is 11.3 Å². The van der Waals surface area contributed by atoms with E-state index in [1.807, 2.05) is 48.0 Å². The van der Waals surface area contributed by atoms with E-state index in [1.54, 1.807) is 29.6 Å². The summed E-state index contributed by atoms with van der Waals surface area (Å²) in [5.41, 5.74) is 9.51. The van der Waals surface area contributed by atoms with Crippen molar-refractivity contribution in [1.82, 2.24) is 25.1 Å². The number of hydrogen-bond donors (Lipinski definition) is 2. The normalized spacial score (nSPS) is 10.8. The molecular formula is C23H28N6O2S. The molecule has 3 N–H and O–H groups in total. The molecule has 0 radical (unpaired) electrons. The van der Waals surface area contributed by atoms with Crippen molar-refractivity contribution in [3.63, 3.8) is 0 Å². The van der Waals surface area contributed by atoms with Gasteiger partial charge in [0.05, 0.1) is 0 Å². The lowest BCUT2D eigenvalue weighted by Gasteiger charge is -2.25. The number of nitrogens with one attached hydrogen (secondary N) is 1. The number of amides is 2. The summed E-state index contributed by atoms with van der Waals surface area (Å²) in [7, 11) is 3.93. The molecule has 0 saturated carbocycles. The Morgan fingerprint density at radius 3 is 2.56 bits per heavy atom. The van der Waals surface area contributed by atoms with Crippen molar-refractivity contribution in [3.8, 4) is 0 Å². The number of nitrogen functional groups attached to an aromatic ring is 1. The van der Waals surface area contributed by atoms with Gasteiger partial charge in [0.1, 0.15) is 5.69 Å². The van der Waals surface area contributed by atoms with Crippen molar-refractivity contribution >= 4 is 28.8 Å². The van der Waals surface area contributed by atoms with Crippen LogP contribution >= 0.6 is 11.3 Å². The molecule has 0 spiro atoms. The van der Waals surface area contributed by atoms with Crippen LogP contribution in [0.2, 0.25) is 0 Å². The molecule has 0 aliphatic carbocycles. The van der Waals surface area contributed by atoms with Gasteiger partial charge in [-0.2, -0.15) is 0 Å². The maximum Gasteiger partial charge on any atom is 0.318 e. The number of hydrogen-bond acceptors (Lipinski definition) is 7. The van der Waals surface area contributed by atoms with Crippen molar-refractivity contribution in [2.45, 2.75) is 19.5 Å². The number of anilines is 1. The van der Waals surface area contributed by atoms with E-state index in [2.05, 4.69) is 15.3 Å². The van der Waals surface area contributed by atoms with Crippen LogP contribution in [0.4, 0.5) is 10.5 Å². The van der Waals surface area contributed by atoms with Crippen LogP contribution in [0.1, 0.15) is 27.2 Å². The molecule has 0 fully saturated rings. The molecule has 3 aromatic heterocycles. The molecule has 0 saturated heterocycles. The van der Waals surface area contributed by atoms with E-state index >= 15 is 0 Å². The number of thiophene rings is 1. The number of ketones is 1. The highest BCUT2D eigenvalue weighted by molar-refractivity contribution is 7.08. The first kappa shape index (κ1) is 23.4. The van der Waals surface area contributed by atoms with Gasteiger partial charge in [0.15, 0.2) is 5.78 Å². The lowest BCUT2D eigenvalue weighted by atomic mass is 10.1. The van der Waals surface area contributed by atoms with Gasteiger partial charge < -0.3 is 20.9 Å². The number of nitrogens with two attached hydrogens (primary N) is 1. The molecule has 168 valence electrons. The third-order valence-corrected chi connectivity index (χ3v) is 5.69. The SMILES string of the molecule is CN(C)CCN(Cc1ccc(C(=O)Cc2cscc2N)nc1)C(=O)NCc1cccnc1. The molecule has 0 aliphatic heterocycles. The lowest BCUT2D eigenvalue weighted by molar-refractivity contribution is 0.0988. The van der Waals surface area contributed by atoms with E-state index in [1.165, 1.54) is 11.3 Å². The number of likely N-dealkylation sites (N-methyl/N-ethyl adjacent to an activating group) is 1. The van der Waals surface area contributed by atoms with Gasteiger partial charge >= 0.3 is 6.03 Å². The quantitative estimate of drug-likeness (QED) is 0.459. The second-order valence-electron chi connectivity index (χ2n) is 7.75. The molecule has 9 heteroatoms. The van der Waals surface area contributed by atoms with Crippen molar-refractivity contribution in [3.05, 3.63) is 76.0 Å². The van der Waals surface area contributed by atoms with Crippen LogP contribution in [-0.4, -0.2) is 58.8 Å². The van der Waals surface area contributed by atoms with Crippen LogP contribution in [0.3, 0.4) is 0 Å². The first-order valence-corrected chi connectivity index (χ1v) is 11.2. The molecule has 2 amide bonds. The number of Topliss-reactive ketones (excluding diaryl/α,β-unsaturated/α-hetero) is 1. The molecule has 3 aromatic rings. The minimum Gasteiger partial charge on any atom is -0.398 e. The monoisotopic (exact) mass is 452 g/mol. The van der Waals surface area contributed by atoms with Crippen LogP contribution < -0.4 is 11.1 Å². The minimum atomic E-state index is -0.163. The highest BCUT2D eigenvalue weighted by atomic mass is 32.1.